The highest BCUT2D eigenvalue weighted by Gasteiger charge is 2.13. The summed E-state index contributed by atoms with van der Waals surface area (Å²) < 4.78 is 10.3. The summed E-state index contributed by atoms with van der Waals surface area (Å²) in [5.41, 5.74) is 0.702. The van der Waals surface area contributed by atoms with E-state index < -0.39 is 11.8 Å². The summed E-state index contributed by atoms with van der Waals surface area (Å²) in [4.78, 5) is 24.1. The lowest BCUT2D eigenvalue weighted by atomic mass is 10.2. The highest BCUT2D eigenvalue weighted by molar-refractivity contribution is 6.36. The number of rotatable bonds is 6. The van der Waals surface area contributed by atoms with E-state index in [1.54, 1.807) is 24.3 Å². The number of ether oxygens (including phenoxy) is 2. The van der Waals surface area contributed by atoms with Gasteiger partial charge in [0.25, 0.3) is 5.91 Å². The lowest BCUT2D eigenvalue weighted by Crippen LogP contribution is -2.33. The van der Waals surface area contributed by atoms with Crippen molar-refractivity contribution in [2.45, 2.75) is 0 Å². The molecule has 0 aliphatic carbocycles. The summed E-state index contributed by atoms with van der Waals surface area (Å²) in [5, 5.41) is 5.78. The van der Waals surface area contributed by atoms with Crippen molar-refractivity contribution in [2.24, 2.45) is 0 Å². The lowest BCUT2D eigenvalue weighted by molar-refractivity contribution is -0.115. The number of carbonyl (C=O) groups excluding carboxylic acids is 2. The first kappa shape index (κ1) is 18.9. The van der Waals surface area contributed by atoms with Crippen molar-refractivity contribution in [3.05, 3.63) is 52.0 Å². The molecule has 0 fully saturated rings. The Hall–Kier alpha value is -2.44. The van der Waals surface area contributed by atoms with E-state index in [1.807, 2.05) is 0 Å². The molecule has 2 N–H and O–H groups in total. The van der Waals surface area contributed by atoms with Crippen molar-refractivity contribution in [3.63, 3.8) is 0 Å². The van der Waals surface area contributed by atoms with E-state index in [-0.39, 0.29) is 17.1 Å². The molecule has 2 aromatic carbocycles. The Morgan fingerprint density at radius 1 is 1.04 bits per heavy atom. The third-order valence-corrected chi connectivity index (χ3v) is 3.82. The molecule has 2 aromatic rings. The smallest absolute Gasteiger partial charge is 0.253 e. The average Bonchev–Trinajstić information content (AvgIpc) is 2.60. The maximum absolute atomic E-state index is 12.1. The van der Waals surface area contributed by atoms with Crippen LogP contribution < -0.4 is 20.1 Å². The van der Waals surface area contributed by atoms with Crippen LogP contribution in [-0.2, 0) is 4.79 Å². The predicted octanol–water partition coefficient (Wildman–Crippen LogP) is 3.38. The minimum atomic E-state index is -0.474. The minimum Gasteiger partial charge on any atom is -0.497 e. The molecule has 2 rings (SSSR count). The fourth-order valence-electron chi connectivity index (χ4n) is 2.03. The first-order valence-corrected chi connectivity index (χ1v) is 7.95. The number of anilines is 1. The highest BCUT2D eigenvalue weighted by atomic mass is 35.5. The lowest BCUT2D eigenvalue weighted by Gasteiger charge is -2.12. The van der Waals surface area contributed by atoms with Gasteiger partial charge >= 0.3 is 0 Å². The molecule has 2 amide bonds. The van der Waals surface area contributed by atoms with Crippen LogP contribution in [-0.4, -0.2) is 32.6 Å². The molecule has 0 atom stereocenters. The molecule has 0 aliphatic heterocycles. The van der Waals surface area contributed by atoms with Crippen LogP contribution >= 0.6 is 23.2 Å². The third kappa shape index (κ3) is 5.01. The van der Waals surface area contributed by atoms with E-state index in [1.165, 1.54) is 26.4 Å². The molecular weight excluding hydrogens is 367 g/mol. The summed E-state index contributed by atoms with van der Waals surface area (Å²) in [6.07, 6.45) is 0. The largest absolute Gasteiger partial charge is 0.497 e. The number of carbonyl (C=O) groups is 2. The summed E-state index contributed by atoms with van der Waals surface area (Å²) in [5.74, 6) is 0.153. The molecule has 0 aliphatic rings. The van der Waals surface area contributed by atoms with Crippen LogP contribution in [0.5, 0.6) is 11.5 Å². The zero-order valence-corrected chi connectivity index (χ0v) is 15.1. The van der Waals surface area contributed by atoms with Gasteiger partial charge in [0.05, 0.1) is 37.0 Å². The second kappa shape index (κ2) is 8.60. The Morgan fingerprint density at radius 2 is 1.80 bits per heavy atom. The molecule has 0 heterocycles. The predicted molar refractivity (Wildman–Crippen MR) is 97.0 cm³/mol. The molecule has 6 nitrogen and oxygen atoms in total. The van der Waals surface area contributed by atoms with Gasteiger partial charge in [-0.2, -0.15) is 0 Å². The van der Waals surface area contributed by atoms with E-state index >= 15 is 0 Å². The molecule has 0 spiro atoms. The Labute approximate surface area is 155 Å². The van der Waals surface area contributed by atoms with Crippen molar-refractivity contribution < 1.29 is 19.1 Å². The zero-order valence-electron chi connectivity index (χ0n) is 13.6. The first-order chi connectivity index (χ1) is 11.9. The molecule has 0 aromatic heterocycles. The molecular formula is C17H16Cl2N2O4. The molecule has 0 bridgehead atoms. The van der Waals surface area contributed by atoms with E-state index in [9.17, 15) is 9.59 Å². The Balaban J connectivity index is 1.98. The van der Waals surface area contributed by atoms with Gasteiger partial charge in [-0.15, -0.1) is 0 Å². The number of methoxy groups -OCH3 is 2. The number of hydrogen-bond donors (Lipinski definition) is 2. The highest BCUT2D eigenvalue weighted by Crippen LogP contribution is 2.28. The van der Waals surface area contributed by atoms with Gasteiger partial charge in [-0.1, -0.05) is 23.2 Å². The normalized spacial score (nSPS) is 10.1. The van der Waals surface area contributed by atoms with Crippen molar-refractivity contribution in [1.29, 1.82) is 0 Å². The van der Waals surface area contributed by atoms with Gasteiger partial charge in [-0.25, -0.2) is 0 Å². The SMILES string of the molecule is COc1ccc(NC(=O)CNC(=O)c2ccc(Cl)cc2Cl)c(OC)c1. The number of benzene rings is 2. The van der Waals surface area contributed by atoms with Crippen LogP contribution in [0.25, 0.3) is 0 Å². The van der Waals surface area contributed by atoms with Gasteiger partial charge in [0.1, 0.15) is 11.5 Å². The van der Waals surface area contributed by atoms with Crippen molar-refractivity contribution >= 4 is 40.7 Å². The van der Waals surface area contributed by atoms with Crippen LogP contribution in [0.3, 0.4) is 0 Å². The molecule has 0 radical (unpaired) electrons. The molecule has 0 unspecified atom stereocenters. The summed E-state index contributed by atoms with van der Waals surface area (Å²) >= 11 is 11.8. The van der Waals surface area contributed by atoms with Crippen molar-refractivity contribution in [2.75, 3.05) is 26.1 Å². The van der Waals surface area contributed by atoms with Crippen LogP contribution in [0.2, 0.25) is 10.0 Å². The summed E-state index contributed by atoms with van der Waals surface area (Å²) in [6, 6.07) is 9.47. The first-order valence-electron chi connectivity index (χ1n) is 7.19. The van der Waals surface area contributed by atoms with Gasteiger partial charge in [0.2, 0.25) is 5.91 Å². The van der Waals surface area contributed by atoms with Crippen molar-refractivity contribution in [3.8, 4) is 11.5 Å². The van der Waals surface area contributed by atoms with E-state index in [4.69, 9.17) is 32.7 Å². The van der Waals surface area contributed by atoms with Crippen molar-refractivity contribution in [1.82, 2.24) is 5.32 Å². The van der Waals surface area contributed by atoms with Gasteiger partial charge in [-0.3, -0.25) is 9.59 Å². The van der Waals surface area contributed by atoms with Gasteiger partial charge in [0, 0.05) is 11.1 Å². The maximum atomic E-state index is 12.1. The Kier molecular flexibility index (Phi) is 6.50. The standard InChI is InChI=1S/C17H16Cl2N2O4/c1-24-11-4-6-14(15(8-11)25-2)21-16(22)9-20-17(23)12-5-3-10(18)7-13(12)19/h3-8H,9H2,1-2H3,(H,20,23)(H,21,22). The van der Waals surface area contributed by atoms with Crippen LogP contribution in [0.15, 0.2) is 36.4 Å². The molecule has 0 saturated heterocycles. The van der Waals surface area contributed by atoms with Crippen LogP contribution in [0.4, 0.5) is 5.69 Å². The fraction of sp³-hybridized carbons (Fsp3) is 0.176. The topological polar surface area (TPSA) is 76.7 Å². The number of hydrogen-bond acceptors (Lipinski definition) is 4. The van der Waals surface area contributed by atoms with Crippen LogP contribution in [0.1, 0.15) is 10.4 Å². The average molecular weight is 383 g/mol. The number of nitrogens with one attached hydrogen (secondary N) is 2. The van der Waals surface area contributed by atoms with E-state index in [0.717, 1.165) is 0 Å². The second-order valence-corrected chi connectivity index (χ2v) is 5.76. The van der Waals surface area contributed by atoms with E-state index in [2.05, 4.69) is 10.6 Å². The molecule has 25 heavy (non-hydrogen) atoms. The monoisotopic (exact) mass is 382 g/mol. The number of amides is 2. The minimum absolute atomic E-state index is 0.210. The summed E-state index contributed by atoms with van der Waals surface area (Å²) in [7, 11) is 3.01. The van der Waals surface area contributed by atoms with Crippen LogP contribution in [0, 0.1) is 0 Å². The second-order valence-electron chi connectivity index (χ2n) is 4.92. The van der Waals surface area contributed by atoms with E-state index in [0.29, 0.717) is 22.2 Å². The quantitative estimate of drug-likeness (QED) is 0.802. The molecule has 8 heteroatoms. The fourth-order valence-corrected chi connectivity index (χ4v) is 2.52. The summed E-state index contributed by atoms with van der Waals surface area (Å²) in [6.45, 7) is -0.229. The Morgan fingerprint density at radius 3 is 2.44 bits per heavy atom. The van der Waals surface area contributed by atoms with Gasteiger partial charge < -0.3 is 20.1 Å². The molecule has 0 saturated carbocycles. The Bertz CT molecular complexity index is 796. The molecule has 132 valence electrons. The third-order valence-electron chi connectivity index (χ3n) is 3.27. The van der Waals surface area contributed by atoms with Gasteiger partial charge in [-0.05, 0) is 30.3 Å². The number of halogens is 2. The maximum Gasteiger partial charge on any atom is 0.253 e. The van der Waals surface area contributed by atoms with Gasteiger partial charge in [0.15, 0.2) is 0 Å². The zero-order chi connectivity index (χ0) is 18.4.